The van der Waals surface area contributed by atoms with Crippen LogP contribution >= 0.6 is 0 Å². The molecular formula is C25H30F3N3O2. The molecular weight excluding hydrogens is 431 g/mol. The molecule has 5 nitrogen and oxygen atoms in total. The number of fused-ring (bicyclic) bond motifs is 3. The summed E-state index contributed by atoms with van der Waals surface area (Å²) in [5, 5.41) is 2.97. The van der Waals surface area contributed by atoms with Gasteiger partial charge in [-0.1, -0.05) is 30.3 Å². The van der Waals surface area contributed by atoms with Gasteiger partial charge in [0.2, 0.25) is 5.91 Å². The van der Waals surface area contributed by atoms with Gasteiger partial charge in [0.15, 0.2) is 0 Å². The highest BCUT2D eigenvalue weighted by Crippen LogP contribution is 2.39. The maximum Gasteiger partial charge on any atom is 0.416 e. The Balaban J connectivity index is 1.57. The van der Waals surface area contributed by atoms with E-state index in [9.17, 15) is 18.0 Å². The molecule has 2 aromatic carbocycles. The molecule has 0 spiro atoms. The van der Waals surface area contributed by atoms with Gasteiger partial charge in [0, 0.05) is 52.1 Å². The predicted molar refractivity (Wildman–Crippen MR) is 121 cm³/mol. The van der Waals surface area contributed by atoms with Crippen LogP contribution < -0.4 is 10.2 Å². The van der Waals surface area contributed by atoms with Crippen molar-refractivity contribution in [3.8, 4) is 0 Å². The van der Waals surface area contributed by atoms with E-state index in [0.717, 1.165) is 24.8 Å². The zero-order valence-electron chi connectivity index (χ0n) is 18.8. The van der Waals surface area contributed by atoms with E-state index in [-0.39, 0.29) is 11.9 Å². The molecule has 2 aromatic rings. The highest BCUT2D eigenvalue weighted by Gasteiger charge is 2.42. The van der Waals surface area contributed by atoms with Gasteiger partial charge in [-0.2, -0.15) is 13.2 Å². The maximum atomic E-state index is 13.3. The SMILES string of the molecule is COCCCNC(=O)[C@@H]1Cc2cc(C(F)(F)F)ccc2N2CCN(Cc3ccccc3)C[C@H]12. The lowest BCUT2D eigenvalue weighted by molar-refractivity contribution is -0.137. The fraction of sp³-hybridized carbons (Fsp3) is 0.480. The molecule has 0 radical (unpaired) electrons. The zero-order valence-corrected chi connectivity index (χ0v) is 18.8. The Morgan fingerprint density at radius 1 is 1.15 bits per heavy atom. The summed E-state index contributed by atoms with van der Waals surface area (Å²) < 4.78 is 45.0. The number of alkyl halides is 3. The zero-order chi connectivity index (χ0) is 23.4. The van der Waals surface area contributed by atoms with Crippen molar-refractivity contribution < 1.29 is 22.7 Å². The van der Waals surface area contributed by atoms with Crippen LogP contribution in [0.3, 0.4) is 0 Å². The van der Waals surface area contributed by atoms with Crippen molar-refractivity contribution in [1.29, 1.82) is 0 Å². The average molecular weight is 462 g/mol. The number of halogens is 3. The lowest BCUT2D eigenvalue weighted by atomic mass is 9.82. The Hall–Kier alpha value is -2.58. The molecule has 178 valence electrons. The summed E-state index contributed by atoms with van der Waals surface area (Å²) in [5.74, 6) is -0.521. The molecule has 1 N–H and O–H groups in total. The van der Waals surface area contributed by atoms with Crippen LogP contribution in [0.5, 0.6) is 0 Å². The van der Waals surface area contributed by atoms with Crippen LogP contribution in [0.25, 0.3) is 0 Å². The smallest absolute Gasteiger partial charge is 0.385 e. The first-order chi connectivity index (χ1) is 15.9. The molecule has 33 heavy (non-hydrogen) atoms. The number of amides is 1. The summed E-state index contributed by atoms with van der Waals surface area (Å²) in [6.07, 6.45) is -3.41. The minimum Gasteiger partial charge on any atom is -0.385 e. The number of carbonyl (C=O) groups is 1. The molecule has 1 amide bonds. The molecule has 4 rings (SSSR count). The number of nitrogens with zero attached hydrogens (tertiary/aromatic N) is 2. The molecule has 2 heterocycles. The lowest BCUT2D eigenvalue weighted by Gasteiger charge is -2.49. The van der Waals surface area contributed by atoms with Gasteiger partial charge in [-0.3, -0.25) is 9.69 Å². The number of hydrogen-bond donors (Lipinski definition) is 1. The molecule has 0 saturated carbocycles. The van der Waals surface area contributed by atoms with E-state index in [0.29, 0.717) is 44.6 Å². The molecule has 2 aliphatic heterocycles. The molecule has 1 fully saturated rings. The number of rotatable bonds is 7. The first-order valence-electron chi connectivity index (χ1n) is 11.4. The Kier molecular flexibility index (Phi) is 7.24. The Bertz CT molecular complexity index is 952. The van der Waals surface area contributed by atoms with Crippen molar-refractivity contribution >= 4 is 11.6 Å². The van der Waals surface area contributed by atoms with Crippen LogP contribution in [0.4, 0.5) is 18.9 Å². The normalized spacial score (nSPS) is 20.8. The van der Waals surface area contributed by atoms with E-state index >= 15 is 0 Å². The molecule has 2 atom stereocenters. The number of methoxy groups -OCH3 is 1. The largest absolute Gasteiger partial charge is 0.416 e. The van der Waals surface area contributed by atoms with Gasteiger partial charge in [0.05, 0.1) is 17.5 Å². The highest BCUT2D eigenvalue weighted by atomic mass is 19.4. The van der Waals surface area contributed by atoms with E-state index in [2.05, 4.69) is 27.2 Å². The van der Waals surface area contributed by atoms with Crippen molar-refractivity contribution in [1.82, 2.24) is 10.2 Å². The second-order valence-corrected chi connectivity index (χ2v) is 8.77. The predicted octanol–water partition coefficient (Wildman–Crippen LogP) is 3.72. The van der Waals surface area contributed by atoms with E-state index in [4.69, 9.17) is 4.74 Å². The summed E-state index contributed by atoms with van der Waals surface area (Å²) in [6.45, 7) is 3.96. The minimum atomic E-state index is -4.40. The number of hydrogen-bond acceptors (Lipinski definition) is 4. The minimum absolute atomic E-state index is 0.0888. The standard InChI is InChI=1S/C25H30F3N3O2/c1-33-13-5-10-29-24(32)21-15-19-14-20(25(26,27)28)8-9-22(19)31-12-11-30(17-23(21)31)16-18-6-3-2-4-7-18/h2-4,6-9,14,21,23H,5,10-13,15-17H2,1H3,(H,29,32)/t21-,23-/m1/s1. The second-order valence-electron chi connectivity index (χ2n) is 8.77. The van der Waals surface area contributed by atoms with Gasteiger partial charge in [-0.25, -0.2) is 0 Å². The van der Waals surface area contributed by atoms with E-state index in [1.807, 2.05) is 18.2 Å². The Morgan fingerprint density at radius 3 is 2.67 bits per heavy atom. The van der Waals surface area contributed by atoms with Crippen molar-refractivity contribution in [3.63, 3.8) is 0 Å². The fourth-order valence-electron chi connectivity index (χ4n) is 4.90. The molecule has 0 bridgehead atoms. The average Bonchev–Trinajstić information content (AvgIpc) is 2.81. The van der Waals surface area contributed by atoms with Crippen LogP contribution in [0.2, 0.25) is 0 Å². The second kappa shape index (κ2) is 10.1. The van der Waals surface area contributed by atoms with Gasteiger partial charge in [-0.15, -0.1) is 0 Å². The maximum absolute atomic E-state index is 13.3. The van der Waals surface area contributed by atoms with Gasteiger partial charge in [0.25, 0.3) is 0 Å². The van der Waals surface area contributed by atoms with Gasteiger partial charge in [-0.05, 0) is 42.2 Å². The monoisotopic (exact) mass is 461 g/mol. The number of nitrogens with one attached hydrogen (secondary N) is 1. The number of carbonyl (C=O) groups excluding carboxylic acids is 1. The van der Waals surface area contributed by atoms with E-state index < -0.39 is 17.7 Å². The first-order valence-corrected chi connectivity index (χ1v) is 11.4. The number of benzene rings is 2. The lowest BCUT2D eigenvalue weighted by Crippen LogP contribution is -2.61. The van der Waals surface area contributed by atoms with Crippen LogP contribution in [0.1, 0.15) is 23.1 Å². The first kappa shape index (κ1) is 23.6. The number of piperazine rings is 1. The van der Waals surface area contributed by atoms with Gasteiger partial charge >= 0.3 is 6.18 Å². The number of anilines is 1. The summed E-state index contributed by atoms with van der Waals surface area (Å²) in [7, 11) is 1.61. The van der Waals surface area contributed by atoms with Gasteiger partial charge in [0.1, 0.15) is 0 Å². The van der Waals surface area contributed by atoms with Crippen LogP contribution in [0, 0.1) is 5.92 Å². The van der Waals surface area contributed by atoms with Crippen LogP contribution in [-0.4, -0.2) is 56.7 Å². The Morgan fingerprint density at radius 2 is 1.94 bits per heavy atom. The van der Waals surface area contributed by atoms with Crippen molar-refractivity contribution in [2.24, 2.45) is 5.92 Å². The van der Waals surface area contributed by atoms with E-state index in [1.165, 1.54) is 11.6 Å². The van der Waals surface area contributed by atoms with Crippen LogP contribution in [0.15, 0.2) is 48.5 Å². The fourth-order valence-corrected chi connectivity index (χ4v) is 4.90. The highest BCUT2D eigenvalue weighted by molar-refractivity contribution is 5.82. The van der Waals surface area contributed by atoms with Crippen molar-refractivity contribution in [2.75, 3.05) is 44.8 Å². The van der Waals surface area contributed by atoms with Crippen LogP contribution in [-0.2, 0) is 28.7 Å². The third-order valence-corrected chi connectivity index (χ3v) is 6.53. The number of ether oxygens (including phenoxy) is 1. The van der Waals surface area contributed by atoms with E-state index in [1.54, 1.807) is 13.2 Å². The molecule has 2 aliphatic rings. The van der Waals surface area contributed by atoms with Crippen molar-refractivity contribution in [2.45, 2.75) is 31.6 Å². The third kappa shape index (κ3) is 5.50. The topological polar surface area (TPSA) is 44.8 Å². The van der Waals surface area contributed by atoms with Gasteiger partial charge < -0.3 is 15.0 Å². The third-order valence-electron chi connectivity index (χ3n) is 6.53. The molecule has 1 saturated heterocycles. The molecule has 0 unspecified atom stereocenters. The summed E-state index contributed by atoms with van der Waals surface area (Å²) in [6, 6.07) is 14.0. The quantitative estimate of drug-likeness (QED) is 0.639. The molecule has 8 heteroatoms. The summed E-state index contributed by atoms with van der Waals surface area (Å²) in [4.78, 5) is 17.6. The van der Waals surface area contributed by atoms with Crippen molar-refractivity contribution in [3.05, 3.63) is 65.2 Å². The summed E-state index contributed by atoms with van der Waals surface area (Å²) >= 11 is 0. The Labute approximate surface area is 192 Å². The molecule has 0 aromatic heterocycles. The summed E-state index contributed by atoms with van der Waals surface area (Å²) in [5.41, 5.74) is 1.95. The molecule has 0 aliphatic carbocycles.